The van der Waals surface area contributed by atoms with E-state index in [1.807, 2.05) is 6.92 Å². The monoisotopic (exact) mass is 749 g/mol. The molecular formula is C23H24F17NO5S. The minimum Gasteiger partial charge on any atom is -0.464 e. The van der Waals surface area contributed by atoms with Crippen LogP contribution in [0, 0.1) is 12.8 Å². The van der Waals surface area contributed by atoms with Crippen LogP contribution in [0.15, 0.2) is 29.2 Å². The lowest BCUT2D eigenvalue weighted by atomic mass is 9.88. The summed E-state index contributed by atoms with van der Waals surface area (Å²) in [5.74, 6) is -58.8. The van der Waals surface area contributed by atoms with Crippen LogP contribution < -0.4 is 5.73 Å². The number of benzene rings is 1. The summed E-state index contributed by atoms with van der Waals surface area (Å²) in [5, 5.41) is 0. The van der Waals surface area contributed by atoms with Crippen LogP contribution in [0.5, 0.6) is 0 Å². The van der Waals surface area contributed by atoms with Crippen molar-refractivity contribution in [1.82, 2.24) is 0 Å². The standard InChI is InChI=1S/C16H16F17NO2.C7H8O3S/c1-6(2)5-7(34)8(35)36-4-3-9(17,18)10(19,20)11(21,22)12(23,24)13(25,26)14(27,28)15(29,30)16(31,32)33;1-6-2-4-7(5-3-6)11(8,9)10/h6-7H,3-5,34H2,1-2H3;2-5H,1H3,(H,8,9,10)/t7-;/m0./s1. The summed E-state index contributed by atoms with van der Waals surface area (Å²) in [4.78, 5) is 11.3. The Hall–Kier alpha value is -2.63. The average molecular weight is 749 g/mol. The molecule has 0 bridgehead atoms. The molecule has 0 aliphatic heterocycles. The SMILES string of the molecule is CC(C)C[C@H](N)C(=O)OCCC(F)(F)C(F)(F)C(F)(F)C(F)(F)C(F)(F)C(F)(F)C(F)(F)C(F)(F)F.Cc1ccc(S(=O)(=O)O)cc1. The second-order valence-electron chi connectivity index (χ2n) is 10.1. The number of carbonyl (C=O) groups excluding carboxylic acids is 1. The van der Waals surface area contributed by atoms with Gasteiger partial charge in [-0.05, 0) is 31.4 Å². The molecule has 0 saturated heterocycles. The zero-order valence-corrected chi connectivity index (χ0v) is 24.4. The van der Waals surface area contributed by atoms with Gasteiger partial charge in [0.2, 0.25) is 0 Å². The van der Waals surface area contributed by atoms with Gasteiger partial charge in [-0.25, -0.2) is 0 Å². The van der Waals surface area contributed by atoms with Crippen LogP contribution in [0.4, 0.5) is 74.6 Å². The summed E-state index contributed by atoms with van der Waals surface area (Å²) in [5.41, 5.74) is 6.17. The molecule has 276 valence electrons. The van der Waals surface area contributed by atoms with Crippen molar-refractivity contribution in [3.05, 3.63) is 29.8 Å². The molecule has 0 fully saturated rings. The first-order valence-corrected chi connectivity index (χ1v) is 13.6. The maximum Gasteiger partial charge on any atom is 0.460 e. The molecule has 0 radical (unpaired) electrons. The van der Waals surface area contributed by atoms with E-state index in [9.17, 15) is 87.8 Å². The number of alkyl halides is 17. The number of hydrogen-bond acceptors (Lipinski definition) is 5. The van der Waals surface area contributed by atoms with Gasteiger partial charge in [-0.15, -0.1) is 0 Å². The Morgan fingerprint density at radius 2 is 1.09 bits per heavy atom. The predicted molar refractivity (Wildman–Crippen MR) is 125 cm³/mol. The first-order chi connectivity index (χ1) is 20.5. The summed E-state index contributed by atoms with van der Waals surface area (Å²) in [6, 6.07) is 4.41. The van der Waals surface area contributed by atoms with Gasteiger partial charge in [-0.3, -0.25) is 9.35 Å². The molecule has 1 aromatic carbocycles. The van der Waals surface area contributed by atoms with Crippen molar-refractivity contribution in [1.29, 1.82) is 0 Å². The van der Waals surface area contributed by atoms with E-state index in [1.54, 1.807) is 12.1 Å². The number of nitrogens with two attached hydrogens (primary N) is 1. The Labute approximate surface area is 254 Å². The summed E-state index contributed by atoms with van der Waals surface area (Å²) in [6.45, 7) is 2.79. The zero-order valence-electron chi connectivity index (χ0n) is 23.6. The molecule has 0 unspecified atom stereocenters. The van der Waals surface area contributed by atoms with Crippen LogP contribution in [-0.2, 0) is 19.6 Å². The second kappa shape index (κ2) is 14.1. The fourth-order valence-corrected chi connectivity index (χ4v) is 3.53. The molecule has 0 aliphatic rings. The van der Waals surface area contributed by atoms with E-state index in [1.165, 1.54) is 26.0 Å². The molecule has 24 heteroatoms. The minimum absolute atomic E-state index is 0.0666. The molecule has 0 saturated carbocycles. The molecule has 0 amide bonds. The Balaban J connectivity index is 0.00000160. The highest BCUT2D eigenvalue weighted by molar-refractivity contribution is 7.85. The van der Waals surface area contributed by atoms with Crippen LogP contribution in [0.2, 0.25) is 0 Å². The van der Waals surface area contributed by atoms with Gasteiger partial charge >= 0.3 is 53.6 Å². The van der Waals surface area contributed by atoms with Gasteiger partial charge < -0.3 is 10.5 Å². The van der Waals surface area contributed by atoms with E-state index in [-0.39, 0.29) is 17.2 Å². The van der Waals surface area contributed by atoms with E-state index in [0.29, 0.717) is 0 Å². The van der Waals surface area contributed by atoms with Crippen molar-refractivity contribution in [3.63, 3.8) is 0 Å². The number of carbonyl (C=O) groups is 1. The number of rotatable bonds is 13. The average Bonchev–Trinajstić information content (AvgIpc) is 2.86. The normalized spacial score (nSPS) is 15.2. The van der Waals surface area contributed by atoms with Crippen LogP contribution in [0.3, 0.4) is 0 Å². The predicted octanol–water partition coefficient (Wildman–Crippen LogP) is 7.54. The molecule has 0 spiro atoms. The molecule has 47 heavy (non-hydrogen) atoms. The lowest BCUT2D eigenvalue weighted by Crippen LogP contribution is -2.74. The quantitative estimate of drug-likeness (QED) is 0.123. The molecule has 0 aliphatic carbocycles. The third-order valence-electron chi connectivity index (χ3n) is 5.79. The third-order valence-corrected chi connectivity index (χ3v) is 6.66. The van der Waals surface area contributed by atoms with Gasteiger partial charge in [-0.1, -0.05) is 31.5 Å². The maximum absolute atomic E-state index is 13.7. The molecular weight excluding hydrogens is 725 g/mol. The molecule has 6 nitrogen and oxygen atoms in total. The summed E-state index contributed by atoms with van der Waals surface area (Å²) in [6.07, 6.45) is -10.9. The Kier molecular flexibility index (Phi) is 13.3. The first kappa shape index (κ1) is 44.4. The smallest absolute Gasteiger partial charge is 0.460 e. The van der Waals surface area contributed by atoms with E-state index in [4.69, 9.17) is 10.3 Å². The summed E-state index contributed by atoms with van der Waals surface area (Å²) >= 11 is 0. The first-order valence-electron chi connectivity index (χ1n) is 12.1. The van der Waals surface area contributed by atoms with Crippen LogP contribution >= 0.6 is 0 Å². The number of halogens is 17. The largest absolute Gasteiger partial charge is 0.464 e. The van der Waals surface area contributed by atoms with Gasteiger partial charge in [0.15, 0.2) is 0 Å². The third kappa shape index (κ3) is 8.89. The molecule has 0 heterocycles. The van der Waals surface area contributed by atoms with Crippen molar-refractivity contribution >= 4 is 16.1 Å². The van der Waals surface area contributed by atoms with E-state index < -0.39 is 82.8 Å². The van der Waals surface area contributed by atoms with Gasteiger partial charge in [-0.2, -0.15) is 83.1 Å². The molecule has 1 atom stereocenters. The second-order valence-corrected chi connectivity index (χ2v) is 11.5. The van der Waals surface area contributed by atoms with Crippen LogP contribution in [0.1, 0.15) is 32.3 Å². The van der Waals surface area contributed by atoms with Crippen molar-refractivity contribution in [2.24, 2.45) is 11.7 Å². The highest BCUT2D eigenvalue weighted by Gasteiger charge is 2.95. The summed E-state index contributed by atoms with van der Waals surface area (Å²) in [7, 11) is -4.02. The lowest BCUT2D eigenvalue weighted by molar-refractivity contribution is -0.461. The zero-order chi connectivity index (χ0) is 38.0. The summed E-state index contributed by atoms with van der Waals surface area (Å²) < 4.78 is 257. The van der Waals surface area contributed by atoms with Crippen molar-refractivity contribution in [2.75, 3.05) is 6.61 Å². The van der Waals surface area contributed by atoms with Crippen LogP contribution in [-0.4, -0.2) is 79.2 Å². The maximum atomic E-state index is 13.7. The highest BCUT2D eigenvalue weighted by Crippen LogP contribution is 2.64. The molecule has 1 rings (SSSR count). The van der Waals surface area contributed by atoms with E-state index in [2.05, 4.69) is 4.74 Å². The van der Waals surface area contributed by atoms with Gasteiger partial charge in [0.1, 0.15) is 6.04 Å². The highest BCUT2D eigenvalue weighted by atomic mass is 32.2. The minimum atomic E-state index is -8.68. The number of hydrogen-bond donors (Lipinski definition) is 2. The Morgan fingerprint density at radius 1 is 0.723 bits per heavy atom. The van der Waals surface area contributed by atoms with Crippen LogP contribution in [0.25, 0.3) is 0 Å². The molecule has 0 aromatic heterocycles. The Bertz CT molecular complexity index is 1310. The fourth-order valence-electron chi connectivity index (χ4n) is 3.05. The number of ether oxygens (including phenoxy) is 1. The fraction of sp³-hybridized carbons (Fsp3) is 0.696. The van der Waals surface area contributed by atoms with Crippen molar-refractivity contribution < 1.29 is 97.1 Å². The lowest BCUT2D eigenvalue weighted by Gasteiger charge is -2.42. The van der Waals surface area contributed by atoms with Gasteiger partial charge in [0.05, 0.1) is 17.9 Å². The topological polar surface area (TPSA) is 107 Å². The van der Waals surface area contributed by atoms with Gasteiger partial charge in [0.25, 0.3) is 10.1 Å². The Morgan fingerprint density at radius 3 is 1.43 bits per heavy atom. The van der Waals surface area contributed by atoms with E-state index >= 15 is 0 Å². The molecule has 1 aromatic rings. The van der Waals surface area contributed by atoms with Crippen molar-refractivity contribution in [2.45, 2.75) is 92.2 Å². The number of esters is 1. The molecule has 3 N–H and O–H groups in total. The van der Waals surface area contributed by atoms with Crippen molar-refractivity contribution in [3.8, 4) is 0 Å². The number of aryl methyl sites for hydroxylation is 1. The van der Waals surface area contributed by atoms with E-state index in [0.717, 1.165) is 5.56 Å². The van der Waals surface area contributed by atoms with Gasteiger partial charge in [0, 0.05) is 0 Å².